The van der Waals surface area contributed by atoms with E-state index >= 15 is 0 Å². The van der Waals surface area contributed by atoms with Crippen LogP contribution in [0.3, 0.4) is 0 Å². The zero-order chi connectivity index (χ0) is 11.0. The molecule has 1 aliphatic carbocycles. The van der Waals surface area contributed by atoms with Crippen LogP contribution in [0.5, 0.6) is 0 Å². The van der Waals surface area contributed by atoms with Crippen molar-refractivity contribution in [2.45, 2.75) is 18.9 Å². The summed E-state index contributed by atoms with van der Waals surface area (Å²) in [6.07, 6.45) is 2.54. The molecule has 1 aliphatic heterocycles. The number of nitrogens with one attached hydrogen (secondary N) is 1. The molecule has 1 aromatic carbocycles. The number of hydrogen-bond acceptors (Lipinski definition) is 2. The molecule has 1 heterocycles. The monoisotopic (exact) mass is 280 g/mol. The van der Waals surface area contributed by atoms with Gasteiger partial charge in [-0.15, -0.1) is 0 Å². The first-order chi connectivity index (χ1) is 7.84. The molecule has 0 amide bonds. The Bertz CT molecular complexity index is 386. The van der Waals surface area contributed by atoms with Crippen molar-refractivity contribution >= 4 is 15.9 Å². The predicted octanol–water partition coefficient (Wildman–Crippen LogP) is 2.34. The van der Waals surface area contributed by atoms with Gasteiger partial charge in [0.1, 0.15) is 0 Å². The Kier molecular flexibility index (Phi) is 3.01. The molecule has 0 saturated carbocycles. The molecule has 2 aliphatic rings. The van der Waals surface area contributed by atoms with Crippen molar-refractivity contribution in [3.63, 3.8) is 0 Å². The van der Waals surface area contributed by atoms with E-state index in [-0.39, 0.29) is 0 Å². The van der Waals surface area contributed by atoms with Crippen LogP contribution in [-0.2, 0) is 6.42 Å². The number of aryl methyl sites for hydroxylation is 1. The molecule has 0 aromatic heterocycles. The quantitative estimate of drug-likeness (QED) is 0.850. The third-order valence-electron chi connectivity index (χ3n) is 3.74. The molecule has 1 atom stereocenters. The van der Waals surface area contributed by atoms with E-state index in [1.807, 2.05) is 0 Å². The number of fused-ring (bicyclic) bond motifs is 1. The van der Waals surface area contributed by atoms with Crippen LogP contribution in [0, 0.1) is 0 Å². The van der Waals surface area contributed by atoms with E-state index in [1.165, 1.54) is 36.0 Å². The summed E-state index contributed by atoms with van der Waals surface area (Å²) in [4.78, 5) is 2.64. The average molecular weight is 281 g/mol. The minimum absolute atomic E-state index is 0.671. The highest BCUT2D eigenvalue weighted by atomic mass is 79.9. The Hall–Kier alpha value is -0.380. The Morgan fingerprint density at radius 1 is 1.25 bits per heavy atom. The van der Waals surface area contributed by atoms with Gasteiger partial charge in [-0.25, -0.2) is 0 Å². The van der Waals surface area contributed by atoms with Gasteiger partial charge in [0.25, 0.3) is 0 Å². The fourth-order valence-electron chi connectivity index (χ4n) is 2.94. The number of rotatable bonds is 1. The fourth-order valence-corrected chi connectivity index (χ4v) is 3.35. The molecule has 0 bridgehead atoms. The van der Waals surface area contributed by atoms with Crippen molar-refractivity contribution in [3.05, 3.63) is 33.8 Å². The van der Waals surface area contributed by atoms with Crippen molar-refractivity contribution in [3.8, 4) is 0 Å². The van der Waals surface area contributed by atoms with Gasteiger partial charge in [0.15, 0.2) is 0 Å². The summed E-state index contributed by atoms with van der Waals surface area (Å²) in [5.41, 5.74) is 3.10. The first kappa shape index (κ1) is 10.8. The summed E-state index contributed by atoms with van der Waals surface area (Å²) in [5.74, 6) is 0. The number of hydrogen-bond donors (Lipinski definition) is 1. The molecule has 2 nitrogen and oxygen atoms in total. The highest BCUT2D eigenvalue weighted by Crippen LogP contribution is 2.36. The van der Waals surface area contributed by atoms with Crippen molar-refractivity contribution in [1.82, 2.24) is 10.2 Å². The number of piperazine rings is 1. The van der Waals surface area contributed by atoms with Gasteiger partial charge in [-0.3, -0.25) is 4.90 Å². The van der Waals surface area contributed by atoms with Crippen molar-refractivity contribution in [1.29, 1.82) is 0 Å². The minimum atomic E-state index is 0.671. The van der Waals surface area contributed by atoms with Crippen LogP contribution in [0.15, 0.2) is 22.7 Å². The predicted molar refractivity (Wildman–Crippen MR) is 69.6 cm³/mol. The van der Waals surface area contributed by atoms with Crippen LogP contribution >= 0.6 is 15.9 Å². The standard InChI is InChI=1S/C13H17BrN2/c14-11-2-3-12-10(9-11)1-4-13(12)16-7-5-15-6-8-16/h2-3,9,13,15H,1,4-8H2/t13-/m0/s1. The van der Waals surface area contributed by atoms with Crippen molar-refractivity contribution < 1.29 is 0 Å². The van der Waals surface area contributed by atoms with E-state index in [2.05, 4.69) is 44.3 Å². The van der Waals surface area contributed by atoms with Crippen LogP contribution in [-0.4, -0.2) is 31.1 Å². The third-order valence-corrected chi connectivity index (χ3v) is 4.24. The van der Waals surface area contributed by atoms with Gasteiger partial charge in [-0.05, 0) is 36.1 Å². The second-order valence-corrected chi connectivity index (χ2v) is 5.60. The molecule has 1 aromatic rings. The van der Waals surface area contributed by atoms with Crippen molar-refractivity contribution in [2.75, 3.05) is 26.2 Å². The Labute approximate surface area is 105 Å². The van der Waals surface area contributed by atoms with Crippen molar-refractivity contribution in [2.24, 2.45) is 0 Å². The first-order valence-corrected chi connectivity index (χ1v) is 6.87. The smallest absolute Gasteiger partial charge is 0.0355 e. The van der Waals surface area contributed by atoms with E-state index in [0.717, 1.165) is 13.1 Å². The van der Waals surface area contributed by atoms with Crippen LogP contribution in [0.4, 0.5) is 0 Å². The van der Waals surface area contributed by atoms with E-state index < -0.39 is 0 Å². The van der Waals surface area contributed by atoms with Gasteiger partial charge in [0.05, 0.1) is 0 Å². The van der Waals surface area contributed by atoms with E-state index in [0.29, 0.717) is 6.04 Å². The largest absolute Gasteiger partial charge is 0.314 e. The lowest BCUT2D eigenvalue weighted by Crippen LogP contribution is -2.44. The van der Waals surface area contributed by atoms with Crippen LogP contribution < -0.4 is 5.32 Å². The van der Waals surface area contributed by atoms with Gasteiger partial charge in [0, 0.05) is 36.7 Å². The van der Waals surface area contributed by atoms with Gasteiger partial charge in [-0.1, -0.05) is 22.0 Å². The maximum Gasteiger partial charge on any atom is 0.0355 e. The lowest BCUT2D eigenvalue weighted by molar-refractivity contribution is 0.173. The summed E-state index contributed by atoms with van der Waals surface area (Å²) >= 11 is 3.56. The summed E-state index contributed by atoms with van der Waals surface area (Å²) in [7, 11) is 0. The topological polar surface area (TPSA) is 15.3 Å². The first-order valence-electron chi connectivity index (χ1n) is 6.08. The maximum absolute atomic E-state index is 3.56. The molecule has 1 saturated heterocycles. The molecule has 3 rings (SSSR count). The number of halogens is 1. The van der Waals surface area contributed by atoms with Crippen LogP contribution in [0.1, 0.15) is 23.6 Å². The normalized spacial score (nSPS) is 25.7. The van der Waals surface area contributed by atoms with Crippen LogP contribution in [0.25, 0.3) is 0 Å². The Morgan fingerprint density at radius 2 is 2.06 bits per heavy atom. The zero-order valence-corrected chi connectivity index (χ0v) is 11.0. The summed E-state index contributed by atoms with van der Waals surface area (Å²) in [6.45, 7) is 4.67. The highest BCUT2D eigenvalue weighted by molar-refractivity contribution is 9.10. The molecule has 0 unspecified atom stereocenters. The molecule has 16 heavy (non-hydrogen) atoms. The average Bonchev–Trinajstić information content (AvgIpc) is 2.73. The van der Waals surface area contributed by atoms with E-state index in [4.69, 9.17) is 0 Å². The number of benzene rings is 1. The summed E-state index contributed by atoms with van der Waals surface area (Å²) < 4.78 is 1.22. The highest BCUT2D eigenvalue weighted by Gasteiger charge is 2.28. The molecular formula is C13H17BrN2. The van der Waals surface area contributed by atoms with Crippen LogP contribution in [0.2, 0.25) is 0 Å². The third kappa shape index (κ3) is 1.92. The Balaban J connectivity index is 1.84. The second-order valence-electron chi connectivity index (χ2n) is 4.68. The molecule has 0 spiro atoms. The molecule has 3 heteroatoms. The lowest BCUT2D eigenvalue weighted by Gasteiger charge is -2.33. The summed E-state index contributed by atoms with van der Waals surface area (Å²) in [6, 6.07) is 7.45. The SMILES string of the molecule is Brc1ccc2c(c1)CC[C@@H]2N1CCNCC1. The molecule has 1 N–H and O–H groups in total. The lowest BCUT2D eigenvalue weighted by atomic mass is 10.1. The number of nitrogens with zero attached hydrogens (tertiary/aromatic N) is 1. The Morgan fingerprint density at radius 3 is 2.88 bits per heavy atom. The molecular weight excluding hydrogens is 264 g/mol. The van der Waals surface area contributed by atoms with E-state index in [1.54, 1.807) is 5.56 Å². The minimum Gasteiger partial charge on any atom is -0.314 e. The van der Waals surface area contributed by atoms with Gasteiger partial charge in [-0.2, -0.15) is 0 Å². The van der Waals surface area contributed by atoms with Gasteiger partial charge < -0.3 is 5.32 Å². The molecule has 1 fully saturated rings. The fraction of sp³-hybridized carbons (Fsp3) is 0.538. The summed E-state index contributed by atoms with van der Waals surface area (Å²) in [5, 5.41) is 3.42. The van der Waals surface area contributed by atoms with Gasteiger partial charge >= 0.3 is 0 Å². The molecule has 0 radical (unpaired) electrons. The second kappa shape index (κ2) is 4.47. The van der Waals surface area contributed by atoms with Gasteiger partial charge in [0.2, 0.25) is 0 Å². The molecule has 86 valence electrons. The zero-order valence-electron chi connectivity index (χ0n) is 9.38. The van der Waals surface area contributed by atoms with E-state index in [9.17, 15) is 0 Å². The maximum atomic E-state index is 3.56.